The Labute approximate surface area is 75.0 Å². The van der Waals surface area contributed by atoms with Crippen LogP contribution in [0, 0.1) is 0 Å². The molecule has 13 heavy (non-hydrogen) atoms. The van der Waals surface area contributed by atoms with E-state index < -0.39 is 18.0 Å². The molecule has 5 heteroatoms. The van der Waals surface area contributed by atoms with E-state index in [2.05, 4.69) is 4.74 Å². The minimum absolute atomic E-state index is 0.108. The first kappa shape index (κ1) is 9.44. The Bertz CT molecular complexity index is 271. The molecular formula is C8H9NO4. The van der Waals surface area contributed by atoms with Crippen LogP contribution in [-0.4, -0.2) is 36.3 Å². The summed E-state index contributed by atoms with van der Waals surface area (Å²) in [6.07, 6.45) is 2.79. The van der Waals surface area contributed by atoms with Gasteiger partial charge in [0.25, 0.3) is 5.91 Å². The van der Waals surface area contributed by atoms with Crippen molar-refractivity contribution in [2.75, 3.05) is 7.11 Å². The van der Waals surface area contributed by atoms with Gasteiger partial charge in [0, 0.05) is 12.5 Å². The van der Waals surface area contributed by atoms with Crippen LogP contribution < -0.4 is 0 Å². The molecule has 70 valence electrons. The van der Waals surface area contributed by atoms with Crippen LogP contribution in [0.3, 0.4) is 0 Å². The van der Waals surface area contributed by atoms with Crippen LogP contribution in [-0.2, 0) is 14.3 Å². The van der Waals surface area contributed by atoms with Crippen LogP contribution in [0.15, 0.2) is 12.2 Å². The van der Waals surface area contributed by atoms with Crippen LogP contribution in [0.4, 0.5) is 4.79 Å². The highest BCUT2D eigenvalue weighted by Gasteiger charge is 2.31. The number of amides is 2. The number of methoxy groups -OCH3 is 1. The monoisotopic (exact) mass is 183 g/mol. The summed E-state index contributed by atoms with van der Waals surface area (Å²) in [4.78, 5) is 33.2. The van der Waals surface area contributed by atoms with Crippen LogP contribution in [0.5, 0.6) is 0 Å². The summed E-state index contributed by atoms with van der Waals surface area (Å²) < 4.78 is 4.39. The highest BCUT2D eigenvalue weighted by Crippen LogP contribution is 2.14. The maximum atomic E-state index is 11.1. The standard InChI is InChI=1S/C8H9NO4/c1-13-8(12)9-6(4-5-10)2-3-7(9)11/h2-3,5-6H,4H2,1H3. The van der Waals surface area contributed by atoms with E-state index >= 15 is 0 Å². The van der Waals surface area contributed by atoms with Crippen LogP contribution in [0.1, 0.15) is 6.42 Å². The molecule has 2 amide bonds. The molecule has 1 heterocycles. The molecule has 1 aliphatic heterocycles. The number of aldehydes is 1. The third kappa shape index (κ3) is 1.74. The molecule has 5 nitrogen and oxygen atoms in total. The first-order chi connectivity index (χ1) is 6.20. The van der Waals surface area contributed by atoms with E-state index in [1.54, 1.807) is 0 Å². The highest BCUT2D eigenvalue weighted by molar-refractivity contribution is 6.01. The van der Waals surface area contributed by atoms with Crippen molar-refractivity contribution in [3.05, 3.63) is 12.2 Å². The van der Waals surface area contributed by atoms with Crippen LogP contribution in [0.2, 0.25) is 0 Å². The lowest BCUT2D eigenvalue weighted by Gasteiger charge is -2.18. The van der Waals surface area contributed by atoms with Gasteiger partial charge in [-0.25, -0.2) is 9.69 Å². The van der Waals surface area contributed by atoms with E-state index in [1.165, 1.54) is 19.3 Å². The Morgan fingerprint density at radius 2 is 2.46 bits per heavy atom. The van der Waals surface area contributed by atoms with Crippen molar-refractivity contribution in [3.63, 3.8) is 0 Å². The van der Waals surface area contributed by atoms with E-state index in [0.717, 1.165) is 4.90 Å². The van der Waals surface area contributed by atoms with Crippen LogP contribution >= 0.6 is 0 Å². The lowest BCUT2D eigenvalue weighted by Crippen LogP contribution is -2.39. The van der Waals surface area contributed by atoms with E-state index in [0.29, 0.717) is 6.29 Å². The van der Waals surface area contributed by atoms with Gasteiger partial charge in [0.05, 0.1) is 13.2 Å². The van der Waals surface area contributed by atoms with Crippen molar-refractivity contribution >= 4 is 18.3 Å². The molecule has 0 N–H and O–H groups in total. The third-order valence-corrected chi connectivity index (χ3v) is 1.74. The molecule has 0 fully saturated rings. The molecule has 0 radical (unpaired) electrons. The van der Waals surface area contributed by atoms with Crippen molar-refractivity contribution in [1.29, 1.82) is 0 Å². The molecule has 1 aliphatic rings. The van der Waals surface area contributed by atoms with E-state index in [4.69, 9.17) is 0 Å². The smallest absolute Gasteiger partial charge is 0.417 e. The first-order valence-electron chi connectivity index (χ1n) is 3.73. The summed E-state index contributed by atoms with van der Waals surface area (Å²) in [5.41, 5.74) is 0. The Hall–Kier alpha value is -1.65. The number of carbonyl (C=O) groups is 3. The van der Waals surface area contributed by atoms with Gasteiger partial charge in [-0.2, -0.15) is 0 Å². The molecule has 0 aromatic rings. The maximum Gasteiger partial charge on any atom is 0.417 e. The number of ether oxygens (including phenoxy) is 1. The van der Waals surface area contributed by atoms with Crippen molar-refractivity contribution < 1.29 is 19.1 Å². The molecule has 0 spiro atoms. The minimum atomic E-state index is -0.734. The third-order valence-electron chi connectivity index (χ3n) is 1.74. The zero-order chi connectivity index (χ0) is 9.84. The average Bonchev–Trinajstić information content (AvgIpc) is 2.47. The largest absolute Gasteiger partial charge is 0.452 e. The van der Waals surface area contributed by atoms with Crippen molar-refractivity contribution in [2.24, 2.45) is 0 Å². The number of rotatable bonds is 2. The molecule has 1 unspecified atom stereocenters. The first-order valence-corrected chi connectivity index (χ1v) is 3.73. The molecule has 0 aliphatic carbocycles. The van der Waals surface area contributed by atoms with Gasteiger partial charge in [0.15, 0.2) is 0 Å². The summed E-state index contributed by atoms with van der Waals surface area (Å²) in [6, 6.07) is -0.488. The Morgan fingerprint density at radius 3 is 3.00 bits per heavy atom. The average molecular weight is 183 g/mol. The predicted molar refractivity (Wildman–Crippen MR) is 42.9 cm³/mol. The van der Waals surface area contributed by atoms with Gasteiger partial charge in [-0.1, -0.05) is 6.08 Å². The quantitative estimate of drug-likeness (QED) is 0.570. The normalized spacial score (nSPS) is 20.5. The van der Waals surface area contributed by atoms with Gasteiger partial charge in [0.1, 0.15) is 6.29 Å². The summed E-state index contributed by atoms with van der Waals surface area (Å²) in [7, 11) is 1.19. The van der Waals surface area contributed by atoms with Gasteiger partial charge in [-0.15, -0.1) is 0 Å². The zero-order valence-corrected chi connectivity index (χ0v) is 7.10. The second-order valence-electron chi connectivity index (χ2n) is 2.51. The van der Waals surface area contributed by atoms with Gasteiger partial charge < -0.3 is 9.53 Å². The fourth-order valence-corrected chi connectivity index (χ4v) is 1.13. The minimum Gasteiger partial charge on any atom is -0.452 e. The predicted octanol–water partition coefficient (Wildman–Crippen LogP) is 0.109. The Balaban J connectivity index is 2.75. The molecule has 0 bridgehead atoms. The second kappa shape index (κ2) is 3.84. The summed E-state index contributed by atoms with van der Waals surface area (Å²) in [5.74, 6) is -0.446. The topological polar surface area (TPSA) is 63.7 Å². The van der Waals surface area contributed by atoms with Gasteiger partial charge >= 0.3 is 6.09 Å². The number of nitrogens with zero attached hydrogens (tertiary/aromatic N) is 1. The number of imide groups is 1. The number of hydrogen-bond donors (Lipinski definition) is 0. The highest BCUT2D eigenvalue weighted by atomic mass is 16.5. The summed E-state index contributed by atoms with van der Waals surface area (Å²) in [6.45, 7) is 0. The van der Waals surface area contributed by atoms with Gasteiger partial charge in [-0.05, 0) is 0 Å². The Kier molecular flexibility index (Phi) is 2.79. The SMILES string of the molecule is COC(=O)N1C(=O)C=CC1CC=O. The molecule has 0 saturated carbocycles. The van der Waals surface area contributed by atoms with Crippen molar-refractivity contribution in [1.82, 2.24) is 4.90 Å². The van der Waals surface area contributed by atoms with Crippen molar-refractivity contribution in [2.45, 2.75) is 12.5 Å². The number of carbonyl (C=O) groups excluding carboxylic acids is 3. The van der Waals surface area contributed by atoms with E-state index in [1.807, 2.05) is 0 Å². The molecule has 1 atom stereocenters. The maximum absolute atomic E-state index is 11.1. The summed E-state index contributed by atoms with van der Waals surface area (Å²) in [5, 5.41) is 0. The fraction of sp³-hybridized carbons (Fsp3) is 0.375. The molecule has 1 rings (SSSR count). The van der Waals surface area contributed by atoms with E-state index in [-0.39, 0.29) is 6.42 Å². The molecule has 0 aromatic heterocycles. The van der Waals surface area contributed by atoms with E-state index in [9.17, 15) is 14.4 Å². The van der Waals surface area contributed by atoms with Gasteiger partial charge in [0.2, 0.25) is 0 Å². The van der Waals surface area contributed by atoms with Crippen LogP contribution in [0.25, 0.3) is 0 Å². The van der Waals surface area contributed by atoms with Gasteiger partial charge in [-0.3, -0.25) is 4.79 Å². The molecular weight excluding hydrogens is 174 g/mol. The zero-order valence-electron chi connectivity index (χ0n) is 7.10. The second-order valence-corrected chi connectivity index (χ2v) is 2.51. The lowest BCUT2D eigenvalue weighted by atomic mass is 10.2. The fourth-order valence-electron chi connectivity index (χ4n) is 1.13. The lowest BCUT2D eigenvalue weighted by molar-refractivity contribution is -0.124. The number of hydrogen-bond acceptors (Lipinski definition) is 4. The Morgan fingerprint density at radius 1 is 1.77 bits per heavy atom. The molecule has 0 saturated heterocycles. The van der Waals surface area contributed by atoms with Crippen molar-refractivity contribution in [3.8, 4) is 0 Å². The molecule has 0 aromatic carbocycles. The summed E-state index contributed by atoms with van der Waals surface area (Å²) >= 11 is 0.